The van der Waals surface area contributed by atoms with Crippen molar-refractivity contribution in [1.82, 2.24) is 4.98 Å². The number of hydrogen-bond acceptors (Lipinski definition) is 1. The standard InChI is InChI=1S/C11H12Cl2N2.ClH/c1-6-8(2-3-14)11-9(13)4-7(12)5-10(11)15-6;/h4-5,15H,2-3,14H2,1H3;1H. The van der Waals surface area contributed by atoms with Crippen molar-refractivity contribution < 1.29 is 0 Å². The lowest BCUT2D eigenvalue weighted by Crippen LogP contribution is -2.03. The maximum Gasteiger partial charge on any atom is 0.0517 e. The second-order valence-electron chi connectivity index (χ2n) is 3.58. The molecule has 0 amide bonds. The van der Waals surface area contributed by atoms with Crippen LogP contribution in [0.3, 0.4) is 0 Å². The van der Waals surface area contributed by atoms with Gasteiger partial charge < -0.3 is 10.7 Å². The van der Waals surface area contributed by atoms with Crippen molar-refractivity contribution in [3.05, 3.63) is 33.4 Å². The van der Waals surface area contributed by atoms with E-state index in [1.165, 1.54) is 5.56 Å². The molecule has 0 saturated carbocycles. The van der Waals surface area contributed by atoms with Crippen molar-refractivity contribution in [3.8, 4) is 0 Å². The Labute approximate surface area is 111 Å². The summed E-state index contributed by atoms with van der Waals surface area (Å²) in [6, 6.07) is 3.65. The second-order valence-corrected chi connectivity index (χ2v) is 4.42. The summed E-state index contributed by atoms with van der Waals surface area (Å²) in [5.41, 5.74) is 8.86. The Hall–Kier alpha value is -0.410. The molecule has 88 valence electrons. The van der Waals surface area contributed by atoms with Crippen LogP contribution in [-0.4, -0.2) is 11.5 Å². The number of aromatic nitrogens is 1. The third-order valence-corrected chi connectivity index (χ3v) is 3.04. The summed E-state index contributed by atoms with van der Waals surface area (Å²) in [6.07, 6.45) is 0.827. The molecule has 0 bridgehead atoms. The van der Waals surface area contributed by atoms with Crippen LogP contribution in [0.1, 0.15) is 11.3 Å². The minimum atomic E-state index is 0. The summed E-state index contributed by atoms with van der Waals surface area (Å²) >= 11 is 12.1. The summed E-state index contributed by atoms with van der Waals surface area (Å²) in [4.78, 5) is 3.27. The third kappa shape index (κ3) is 2.30. The summed E-state index contributed by atoms with van der Waals surface area (Å²) in [6.45, 7) is 2.64. The van der Waals surface area contributed by atoms with Gasteiger partial charge >= 0.3 is 0 Å². The van der Waals surface area contributed by atoms with Crippen LogP contribution in [0.2, 0.25) is 10.0 Å². The smallest absolute Gasteiger partial charge is 0.0517 e. The molecular weight excluding hydrogens is 266 g/mol. The molecule has 3 N–H and O–H groups in total. The zero-order valence-corrected chi connectivity index (χ0v) is 11.1. The highest BCUT2D eigenvalue weighted by molar-refractivity contribution is 6.38. The molecule has 0 unspecified atom stereocenters. The van der Waals surface area contributed by atoms with Crippen LogP contribution in [-0.2, 0) is 6.42 Å². The Kier molecular flexibility index (Phi) is 4.51. The first kappa shape index (κ1) is 13.7. The minimum absolute atomic E-state index is 0. The summed E-state index contributed by atoms with van der Waals surface area (Å²) in [5.74, 6) is 0. The molecule has 0 saturated heterocycles. The van der Waals surface area contributed by atoms with Gasteiger partial charge in [0.2, 0.25) is 0 Å². The van der Waals surface area contributed by atoms with E-state index in [9.17, 15) is 0 Å². The van der Waals surface area contributed by atoms with Crippen LogP contribution in [0.5, 0.6) is 0 Å². The Morgan fingerprint density at radius 3 is 2.62 bits per heavy atom. The number of halogens is 3. The van der Waals surface area contributed by atoms with Gasteiger partial charge in [0, 0.05) is 21.6 Å². The first-order valence-electron chi connectivity index (χ1n) is 4.79. The van der Waals surface area contributed by atoms with Gasteiger partial charge in [-0.3, -0.25) is 0 Å². The van der Waals surface area contributed by atoms with Crippen LogP contribution in [0.4, 0.5) is 0 Å². The topological polar surface area (TPSA) is 41.8 Å². The lowest BCUT2D eigenvalue weighted by Gasteiger charge is -2.00. The predicted octanol–water partition coefficient (Wildman–Crippen LogP) is 3.71. The van der Waals surface area contributed by atoms with Gasteiger partial charge in [-0.2, -0.15) is 0 Å². The fourth-order valence-corrected chi connectivity index (χ4v) is 2.51. The maximum atomic E-state index is 6.17. The molecule has 2 rings (SSSR count). The summed E-state index contributed by atoms with van der Waals surface area (Å²) in [5, 5.41) is 2.38. The lowest BCUT2D eigenvalue weighted by molar-refractivity contribution is 0.963. The van der Waals surface area contributed by atoms with Crippen LogP contribution in [0.15, 0.2) is 12.1 Å². The largest absolute Gasteiger partial charge is 0.358 e. The molecule has 1 heterocycles. The molecule has 0 atom stereocenters. The molecule has 0 aliphatic carbocycles. The number of nitrogens with two attached hydrogens (primary N) is 1. The number of rotatable bonds is 2. The normalized spacial score (nSPS) is 10.5. The highest BCUT2D eigenvalue weighted by atomic mass is 35.5. The average Bonchev–Trinajstić information content (AvgIpc) is 2.43. The van der Waals surface area contributed by atoms with Gasteiger partial charge in [-0.25, -0.2) is 0 Å². The van der Waals surface area contributed by atoms with Crippen LogP contribution in [0.25, 0.3) is 10.9 Å². The van der Waals surface area contributed by atoms with Crippen molar-refractivity contribution in [2.45, 2.75) is 13.3 Å². The van der Waals surface area contributed by atoms with E-state index in [1.54, 1.807) is 6.07 Å². The molecule has 0 aliphatic rings. The van der Waals surface area contributed by atoms with Crippen LogP contribution >= 0.6 is 35.6 Å². The number of benzene rings is 1. The van der Waals surface area contributed by atoms with E-state index >= 15 is 0 Å². The number of H-pyrrole nitrogens is 1. The van der Waals surface area contributed by atoms with E-state index in [0.29, 0.717) is 16.6 Å². The zero-order valence-electron chi connectivity index (χ0n) is 8.81. The molecule has 2 nitrogen and oxygen atoms in total. The fourth-order valence-electron chi connectivity index (χ4n) is 1.90. The third-order valence-electron chi connectivity index (χ3n) is 2.53. The van der Waals surface area contributed by atoms with Gasteiger partial charge in [0.1, 0.15) is 0 Å². The first-order valence-corrected chi connectivity index (χ1v) is 5.55. The molecule has 0 fully saturated rings. The number of fused-ring (bicyclic) bond motifs is 1. The van der Waals surface area contributed by atoms with E-state index in [0.717, 1.165) is 23.0 Å². The quantitative estimate of drug-likeness (QED) is 0.864. The van der Waals surface area contributed by atoms with E-state index in [1.807, 2.05) is 13.0 Å². The van der Waals surface area contributed by atoms with Crippen molar-refractivity contribution >= 4 is 46.5 Å². The van der Waals surface area contributed by atoms with E-state index in [-0.39, 0.29) is 12.4 Å². The number of hydrogen-bond donors (Lipinski definition) is 2. The number of aromatic amines is 1. The zero-order chi connectivity index (χ0) is 11.0. The second kappa shape index (κ2) is 5.28. The number of nitrogens with one attached hydrogen (secondary N) is 1. The molecule has 0 spiro atoms. The Bertz CT molecular complexity index is 505. The molecular formula is C11H13Cl3N2. The molecule has 0 radical (unpaired) electrons. The molecule has 16 heavy (non-hydrogen) atoms. The van der Waals surface area contributed by atoms with Gasteiger partial charge in [-0.1, -0.05) is 23.2 Å². The Morgan fingerprint density at radius 1 is 1.31 bits per heavy atom. The first-order chi connectivity index (χ1) is 7.13. The van der Waals surface area contributed by atoms with E-state index in [2.05, 4.69) is 4.98 Å². The Balaban J connectivity index is 0.00000128. The fraction of sp³-hybridized carbons (Fsp3) is 0.273. The molecule has 0 aliphatic heterocycles. The van der Waals surface area contributed by atoms with Crippen molar-refractivity contribution in [3.63, 3.8) is 0 Å². The van der Waals surface area contributed by atoms with Gasteiger partial charge in [-0.15, -0.1) is 12.4 Å². The van der Waals surface area contributed by atoms with Crippen LogP contribution < -0.4 is 5.73 Å². The Morgan fingerprint density at radius 2 is 2.00 bits per heavy atom. The van der Waals surface area contributed by atoms with Gasteiger partial charge in [0.05, 0.1) is 5.02 Å². The van der Waals surface area contributed by atoms with Gasteiger partial charge in [0.15, 0.2) is 0 Å². The molecule has 1 aromatic carbocycles. The van der Waals surface area contributed by atoms with Gasteiger partial charge in [0.25, 0.3) is 0 Å². The summed E-state index contributed by atoms with van der Waals surface area (Å²) in [7, 11) is 0. The predicted molar refractivity (Wildman–Crippen MR) is 73.1 cm³/mol. The average molecular weight is 280 g/mol. The molecule has 2 aromatic rings. The van der Waals surface area contributed by atoms with Crippen molar-refractivity contribution in [2.24, 2.45) is 5.73 Å². The lowest BCUT2D eigenvalue weighted by atomic mass is 10.1. The molecule has 1 aromatic heterocycles. The SMILES string of the molecule is Cc1[nH]c2cc(Cl)cc(Cl)c2c1CCN.Cl. The summed E-state index contributed by atoms with van der Waals surface area (Å²) < 4.78 is 0. The highest BCUT2D eigenvalue weighted by Gasteiger charge is 2.11. The van der Waals surface area contributed by atoms with Crippen molar-refractivity contribution in [1.29, 1.82) is 0 Å². The molecule has 5 heteroatoms. The highest BCUT2D eigenvalue weighted by Crippen LogP contribution is 2.32. The minimum Gasteiger partial charge on any atom is -0.358 e. The van der Waals surface area contributed by atoms with E-state index < -0.39 is 0 Å². The van der Waals surface area contributed by atoms with Gasteiger partial charge in [-0.05, 0) is 37.6 Å². The van der Waals surface area contributed by atoms with Crippen molar-refractivity contribution in [2.75, 3.05) is 6.54 Å². The monoisotopic (exact) mass is 278 g/mol. The van der Waals surface area contributed by atoms with E-state index in [4.69, 9.17) is 28.9 Å². The number of aryl methyl sites for hydroxylation is 1. The van der Waals surface area contributed by atoms with Crippen LogP contribution in [0, 0.1) is 6.92 Å². The maximum absolute atomic E-state index is 6.17.